The number of hydrogen-bond donors (Lipinski definition) is 2. The summed E-state index contributed by atoms with van der Waals surface area (Å²) < 4.78 is 10.1. The van der Waals surface area contributed by atoms with Crippen molar-refractivity contribution in [2.45, 2.75) is 20.0 Å². The standard InChI is InChI=1S/C19H19N3O7/c1-12(19(25)21-15-9-7-14(8-10-15)20-13(2)23)29-18(24)11-28-17-6-4-3-5-16(17)22(26)27/h3-10,12H,11H2,1-2H3,(H,20,23)(H,21,25). The van der Waals surface area contributed by atoms with E-state index in [4.69, 9.17) is 9.47 Å². The Balaban J connectivity index is 1.85. The number of nitrogens with one attached hydrogen (secondary N) is 2. The zero-order valence-corrected chi connectivity index (χ0v) is 15.7. The lowest BCUT2D eigenvalue weighted by molar-refractivity contribution is -0.385. The molecule has 0 saturated heterocycles. The van der Waals surface area contributed by atoms with E-state index >= 15 is 0 Å². The number of rotatable bonds is 8. The summed E-state index contributed by atoms with van der Waals surface area (Å²) >= 11 is 0. The van der Waals surface area contributed by atoms with Crippen LogP contribution in [0.3, 0.4) is 0 Å². The zero-order chi connectivity index (χ0) is 21.4. The number of para-hydroxylation sites is 2. The fraction of sp³-hybridized carbons (Fsp3) is 0.211. The molecule has 152 valence electrons. The summed E-state index contributed by atoms with van der Waals surface area (Å²) in [5.74, 6) is -1.72. The third kappa shape index (κ3) is 6.61. The van der Waals surface area contributed by atoms with Gasteiger partial charge < -0.3 is 20.1 Å². The fourth-order valence-electron chi connectivity index (χ4n) is 2.24. The lowest BCUT2D eigenvalue weighted by Gasteiger charge is -2.14. The van der Waals surface area contributed by atoms with Gasteiger partial charge in [0, 0.05) is 24.4 Å². The van der Waals surface area contributed by atoms with Crippen LogP contribution in [0.4, 0.5) is 17.1 Å². The van der Waals surface area contributed by atoms with Crippen molar-refractivity contribution in [1.29, 1.82) is 0 Å². The first-order chi connectivity index (χ1) is 13.8. The Hall–Kier alpha value is -3.95. The fourth-order valence-corrected chi connectivity index (χ4v) is 2.24. The van der Waals surface area contributed by atoms with Gasteiger partial charge in [0.25, 0.3) is 5.91 Å². The quantitative estimate of drug-likeness (QED) is 0.394. The Kier molecular flexibility index (Phi) is 7.24. The molecule has 10 nitrogen and oxygen atoms in total. The Morgan fingerprint density at radius 3 is 2.21 bits per heavy atom. The molecule has 1 atom stereocenters. The molecule has 29 heavy (non-hydrogen) atoms. The molecule has 2 rings (SSSR count). The third-order valence-corrected chi connectivity index (χ3v) is 3.56. The van der Waals surface area contributed by atoms with Crippen molar-refractivity contribution < 1.29 is 28.8 Å². The van der Waals surface area contributed by atoms with Crippen molar-refractivity contribution in [3.05, 3.63) is 58.6 Å². The first kappa shape index (κ1) is 21.4. The van der Waals surface area contributed by atoms with Gasteiger partial charge >= 0.3 is 11.7 Å². The van der Waals surface area contributed by atoms with Crippen molar-refractivity contribution >= 4 is 34.8 Å². The van der Waals surface area contributed by atoms with Crippen LogP contribution in [-0.4, -0.2) is 35.4 Å². The van der Waals surface area contributed by atoms with Gasteiger partial charge in [-0.3, -0.25) is 19.7 Å². The second-order valence-electron chi connectivity index (χ2n) is 5.89. The van der Waals surface area contributed by atoms with Crippen LogP contribution in [0.15, 0.2) is 48.5 Å². The van der Waals surface area contributed by atoms with E-state index in [2.05, 4.69) is 10.6 Å². The maximum absolute atomic E-state index is 12.1. The molecule has 2 amide bonds. The minimum atomic E-state index is -1.12. The third-order valence-electron chi connectivity index (χ3n) is 3.56. The van der Waals surface area contributed by atoms with Crippen molar-refractivity contribution in [2.24, 2.45) is 0 Å². The second kappa shape index (κ2) is 9.83. The Labute approximate surface area is 166 Å². The van der Waals surface area contributed by atoms with Gasteiger partial charge in [-0.05, 0) is 37.3 Å². The molecule has 0 aromatic heterocycles. The normalized spacial score (nSPS) is 11.1. The van der Waals surface area contributed by atoms with E-state index in [-0.39, 0.29) is 17.3 Å². The molecule has 0 radical (unpaired) electrons. The zero-order valence-electron chi connectivity index (χ0n) is 15.7. The lowest BCUT2D eigenvalue weighted by atomic mass is 10.2. The average molecular weight is 401 g/mol. The highest BCUT2D eigenvalue weighted by atomic mass is 16.6. The molecule has 1 unspecified atom stereocenters. The number of anilines is 2. The molecule has 0 spiro atoms. The van der Waals surface area contributed by atoms with Gasteiger partial charge in [-0.1, -0.05) is 12.1 Å². The van der Waals surface area contributed by atoms with E-state index in [1.807, 2.05) is 0 Å². The highest BCUT2D eigenvalue weighted by Gasteiger charge is 2.20. The summed E-state index contributed by atoms with van der Waals surface area (Å²) in [7, 11) is 0. The van der Waals surface area contributed by atoms with Gasteiger partial charge in [-0.15, -0.1) is 0 Å². The number of esters is 1. The van der Waals surface area contributed by atoms with E-state index in [0.29, 0.717) is 11.4 Å². The highest BCUT2D eigenvalue weighted by Crippen LogP contribution is 2.25. The molecule has 0 aliphatic rings. The maximum atomic E-state index is 12.1. The number of amides is 2. The maximum Gasteiger partial charge on any atom is 0.344 e. The van der Waals surface area contributed by atoms with Crippen molar-refractivity contribution in [3.8, 4) is 5.75 Å². The SMILES string of the molecule is CC(=O)Nc1ccc(NC(=O)C(C)OC(=O)COc2ccccc2[N+](=O)[O-])cc1. The van der Waals surface area contributed by atoms with Gasteiger partial charge in [-0.2, -0.15) is 0 Å². The van der Waals surface area contributed by atoms with Crippen LogP contribution in [0.1, 0.15) is 13.8 Å². The number of nitro benzene ring substituents is 1. The molecule has 0 fully saturated rings. The minimum Gasteiger partial charge on any atom is -0.475 e. The van der Waals surface area contributed by atoms with Crippen LogP contribution in [0, 0.1) is 10.1 Å². The Morgan fingerprint density at radius 1 is 1.03 bits per heavy atom. The molecule has 0 aliphatic carbocycles. The van der Waals surface area contributed by atoms with Crippen LogP contribution >= 0.6 is 0 Å². The minimum absolute atomic E-state index is 0.0779. The smallest absolute Gasteiger partial charge is 0.344 e. The van der Waals surface area contributed by atoms with Gasteiger partial charge in [-0.25, -0.2) is 4.79 Å². The van der Waals surface area contributed by atoms with Gasteiger partial charge in [0.2, 0.25) is 5.91 Å². The van der Waals surface area contributed by atoms with E-state index in [1.165, 1.54) is 38.1 Å². The summed E-state index contributed by atoms with van der Waals surface area (Å²) in [5.41, 5.74) is 0.735. The van der Waals surface area contributed by atoms with Gasteiger partial charge in [0.15, 0.2) is 18.5 Å². The topological polar surface area (TPSA) is 137 Å². The van der Waals surface area contributed by atoms with E-state index in [0.717, 1.165) is 0 Å². The lowest BCUT2D eigenvalue weighted by Crippen LogP contribution is -2.31. The largest absolute Gasteiger partial charge is 0.475 e. The molecule has 2 aromatic carbocycles. The van der Waals surface area contributed by atoms with Crippen LogP contribution in [0.25, 0.3) is 0 Å². The number of ether oxygens (including phenoxy) is 2. The number of hydrogen-bond acceptors (Lipinski definition) is 7. The van der Waals surface area contributed by atoms with Crippen molar-refractivity contribution in [3.63, 3.8) is 0 Å². The van der Waals surface area contributed by atoms with Crippen LogP contribution in [-0.2, 0) is 19.1 Å². The summed E-state index contributed by atoms with van der Waals surface area (Å²) in [4.78, 5) is 45.3. The number of carbonyl (C=O) groups is 3. The molecule has 0 aliphatic heterocycles. The number of benzene rings is 2. The number of nitro groups is 1. The van der Waals surface area contributed by atoms with Crippen molar-refractivity contribution in [2.75, 3.05) is 17.2 Å². The van der Waals surface area contributed by atoms with Crippen molar-refractivity contribution in [1.82, 2.24) is 0 Å². The highest BCUT2D eigenvalue weighted by molar-refractivity contribution is 5.95. The van der Waals surface area contributed by atoms with Crippen LogP contribution in [0.5, 0.6) is 5.75 Å². The van der Waals surface area contributed by atoms with E-state index in [9.17, 15) is 24.5 Å². The average Bonchev–Trinajstić information content (AvgIpc) is 2.67. The van der Waals surface area contributed by atoms with E-state index < -0.39 is 29.5 Å². The molecule has 0 heterocycles. The molecular weight excluding hydrogens is 382 g/mol. The summed E-state index contributed by atoms with van der Waals surface area (Å²) in [5, 5.41) is 16.1. The van der Waals surface area contributed by atoms with E-state index in [1.54, 1.807) is 24.3 Å². The molecule has 2 N–H and O–H groups in total. The first-order valence-corrected chi connectivity index (χ1v) is 8.50. The molecule has 2 aromatic rings. The summed E-state index contributed by atoms with van der Waals surface area (Å²) in [6.45, 7) is 2.17. The molecule has 0 bridgehead atoms. The predicted molar refractivity (Wildman–Crippen MR) is 104 cm³/mol. The van der Waals surface area contributed by atoms with Gasteiger partial charge in [0.05, 0.1) is 4.92 Å². The van der Waals surface area contributed by atoms with Crippen LogP contribution < -0.4 is 15.4 Å². The second-order valence-corrected chi connectivity index (χ2v) is 5.89. The predicted octanol–water partition coefficient (Wildman–Crippen LogP) is 2.50. The number of carbonyl (C=O) groups excluding carboxylic acids is 3. The Morgan fingerprint density at radius 2 is 1.62 bits per heavy atom. The summed E-state index contributed by atoms with van der Waals surface area (Å²) in [6, 6.07) is 12.0. The molecular formula is C19H19N3O7. The monoisotopic (exact) mass is 401 g/mol. The Bertz CT molecular complexity index is 912. The molecule has 0 saturated carbocycles. The van der Waals surface area contributed by atoms with Crippen LogP contribution in [0.2, 0.25) is 0 Å². The van der Waals surface area contributed by atoms with Gasteiger partial charge in [0.1, 0.15) is 0 Å². The number of nitrogens with zero attached hydrogens (tertiary/aromatic N) is 1. The summed E-state index contributed by atoms with van der Waals surface area (Å²) in [6.07, 6.45) is -1.12. The molecule has 10 heteroatoms. The first-order valence-electron chi connectivity index (χ1n) is 8.50.